The highest BCUT2D eigenvalue weighted by atomic mass is 19.2. The Morgan fingerprint density at radius 3 is 2.15 bits per heavy atom. The number of carboxylic acids is 1. The van der Waals surface area contributed by atoms with Crippen LogP contribution in [0.3, 0.4) is 0 Å². The van der Waals surface area contributed by atoms with Crippen molar-refractivity contribution in [1.82, 2.24) is 5.32 Å². The number of hydrogen-bond donors (Lipinski definition) is 3. The van der Waals surface area contributed by atoms with Crippen molar-refractivity contribution in [2.24, 2.45) is 0 Å². The molecule has 1 amide bonds. The van der Waals surface area contributed by atoms with Crippen molar-refractivity contribution >= 4 is 11.9 Å². The van der Waals surface area contributed by atoms with Gasteiger partial charge in [-0.05, 0) is 32.4 Å². The monoisotopic (exact) mass is 287 g/mol. The summed E-state index contributed by atoms with van der Waals surface area (Å²) in [6.45, 7) is 3.13. The minimum Gasteiger partial charge on any atom is -0.478 e. The van der Waals surface area contributed by atoms with E-state index in [-0.39, 0.29) is 6.42 Å². The maximum Gasteiger partial charge on any atom is 0.336 e. The highest BCUT2D eigenvalue weighted by Gasteiger charge is 2.21. The highest BCUT2D eigenvalue weighted by Crippen LogP contribution is 2.16. The maximum absolute atomic E-state index is 13.1. The van der Waals surface area contributed by atoms with Crippen molar-refractivity contribution in [3.63, 3.8) is 0 Å². The first-order valence-electron chi connectivity index (χ1n) is 5.93. The smallest absolute Gasteiger partial charge is 0.336 e. The Morgan fingerprint density at radius 1 is 1.20 bits per heavy atom. The first-order chi connectivity index (χ1) is 9.22. The van der Waals surface area contributed by atoms with Crippen LogP contribution in [0.1, 0.15) is 41.0 Å². The van der Waals surface area contributed by atoms with E-state index in [1.165, 1.54) is 6.92 Å². The molecule has 0 aromatic heterocycles. The lowest BCUT2D eigenvalue weighted by Crippen LogP contribution is -2.35. The third-order valence-corrected chi connectivity index (χ3v) is 2.61. The zero-order chi connectivity index (χ0) is 15.4. The first kappa shape index (κ1) is 16.0. The number of hydrogen-bond acceptors (Lipinski definition) is 3. The number of halogens is 2. The third-order valence-electron chi connectivity index (χ3n) is 2.61. The molecule has 0 aliphatic heterocycles. The molecule has 3 N–H and O–H groups in total. The molecule has 0 spiro atoms. The molecule has 110 valence electrons. The molecule has 1 rings (SSSR count). The van der Waals surface area contributed by atoms with Crippen LogP contribution >= 0.6 is 0 Å². The van der Waals surface area contributed by atoms with Crippen LogP contribution in [0, 0.1) is 11.6 Å². The molecule has 0 aliphatic carbocycles. The third kappa shape index (κ3) is 3.99. The standard InChI is InChI=1S/C13H15F2NO4/c1-6(3-7(2)17)16-12(18)8-4-10(14)11(15)5-9(8)13(19)20/h4-7,17H,3H2,1-2H3,(H,16,18)(H,19,20). The molecule has 1 aromatic rings. The lowest BCUT2D eigenvalue weighted by molar-refractivity contribution is 0.0689. The van der Waals surface area contributed by atoms with Gasteiger partial charge in [-0.25, -0.2) is 13.6 Å². The average molecular weight is 287 g/mol. The fourth-order valence-corrected chi connectivity index (χ4v) is 1.78. The van der Waals surface area contributed by atoms with Crippen LogP contribution in [0.25, 0.3) is 0 Å². The summed E-state index contributed by atoms with van der Waals surface area (Å²) < 4.78 is 26.2. The number of aromatic carboxylic acids is 1. The molecule has 0 aliphatic rings. The van der Waals surface area contributed by atoms with Crippen molar-refractivity contribution in [3.8, 4) is 0 Å². The molecule has 0 radical (unpaired) electrons. The summed E-state index contributed by atoms with van der Waals surface area (Å²) in [5.41, 5.74) is -1.08. The summed E-state index contributed by atoms with van der Waals surface area (Å²) in [5.74, 6) is -5.01. The van der Waals surface area contributed by atoms with Crippen LogP contribution in [0.15, 0.2) is 12.1 Å². The quantitative estimate of drug-likeness (QED) is 0.767. The lowest BCUT2D eigenvalue weighted by atomic mass is 10.1. The van der Waals surface area contributed by atoms with Gasteiger partial charge in [0, 0.05) is 6.04 Å². The zero-order valence-corrected chi connectivity index (χ0v) is 11.0. The van der Waals surface area contributed by atoms with Gasteiger partial charge in [0.2, 0.25) is 0 Å². The van der Waals surface area contributed by atoms with Crippen molar-refractivity contribution in [2.75, 3.05) is 0 Å². The van der Waals surface area contributed by atoms with Crippen LogP contribution in [0.4, 0.5) is 8.78 Å². The molecule has 1 aromatic carbocycles. The molecule has 0 saturated heterocycles. The predicted octanol–water partition coefficient (Wildman–Crippen LogP) is 1.55. The summed E-state index contributed by atoms with van der Waals surface area (Å²) in [7, 11) is 0. The highest BCUT2D eigenvalue weighted by molar-refractivity contribution is 6.04. The van der Waals surface area contributed by atoms with Gasteiger partial charge in [-0.15, -0.1) is 0 Å². The van der Waals surface area contributed by atoms with Gasteiger partial charge >= 0.3 is 5.97 Å². The van der Waals surface area contributed by atoms with E-state index >= 15 is 0 Å². The Hall–Kier alpha value is -2.02. The van der Waals surface area contributed by atoms with Crippen LogP contribution in [-0.2, 0) is 0 Å². The van der Waals surface area contributed by atoms with Crippen molar-refractivity contribution in [1.29, 1.82) is 0 Å². The lowest BCUT2D eigenvalue weighted by Gasteiger charge is -2.16. The van der Waals surface area contributed by atoms with E-state index in [1.54, 1.807) is 6.92 Å². The Labute approximate surface area is 114 Å². The van der Waals surface area contributed by atoms with Gasteiger partial charge in [0.1, 0.15) is 0 Å². The Balaban J connectivity index is 3.03. The van der Waals surface area contributed by atoms with Crippen molar-refractivity contribution in [2.45, 2.75) is 32.4 Å². The number of nitrogens with one attached hydrogen (secondary N) is 1. The van der Waals surface area contributed by atoms with Gasteiger partial charge in [0.15, 0.2) is 11.6 Å². The second-order valence-corrected chi connectivity index (χ2v) is 4.58. The summed E-state index contributed by atoms with van der Waals surface area (Å²) in [6, 6.07) is 0.562. The van der Waals surface area contributed by atoms with E-state index < -0.39 is 46.8 Å². The number of amides is 1. The largest absolute Gasteiger partial charge is 0.478 e. The summed E-state index contributed by atoms with van der Waals surface area (Å²) in [4.78, 5) is 22.8. The molecule has 7 heteroatoms. The number of carboxylic acid groups (broad SMARTS) is 1. The van der Waals surface area contributed by atoms with E-state index in [1.807, 2.05) is 0 Å². The van der Waals surface area contributed by atoms with Crippen LogP contribution < -0.4 is 5.32 Å². The maximum atomic E-state index is 13.1. The number of rotatable bonds is 5. The van der Waals surface area contributed by atoms with E-state index in [4.69, 9.17) is 5.11 Å². The van der Waals surface area contributed by atoms with Gasteiger partial charge in [-0.3, -0.25) is 4.79 Å². The average Bonchev–Trinajstić information content (AvgIpc) is 2.30. The molecule has 0 heterocycles. The normalized spacial score (nSPS) is 13.7. The topological polar surface area (TPSA) is 86.6 Å². The number of carbonyl (C=O) groups excluding carboxylic acids is 1. The van der Waals surface area contributed by atoms with Gasteiger partial charge in [0.25, 0.3) is 5.91 Å². The van der Waals surface area contributed by atoms with Crippen molar-refractivity contribution in [3.05, 3.63) is 34.9 Å². The van der Waals surface area contributed by atoms with E-state index in [2.05, 4.69) is 5.32 Å². The Morgan fingerprint density at radius 2 is 1.70 bits per heavy atom. The van der Waals surface area contributed by atoms with E-state index in [0.29, 0.717) is 12.1 Å². The molecule has 2 atom stereocenters. The van der Waals surface area contributed by atoms with Gasteiger partial charge < -0.3 is 15.5 Å². The molecular weight excluding hydrogens is 272 g/mol. The molecule has 0 saturated carbocycles. The molecule has 20 heavy (non-hydrogen) atoms. The molecule has 5 nitrogen and oxygen atoms in total. The fourth-order valence-electron chi connectivity index (χ4n) is 1.78. The molecule has 0 bridgehead atoms. The van der Waals surface area contributed by atoms with Crippen molar-refractivity contribution < 1.29 is 28.6 Å². The zero-order valence-electron chi connectivity index (χ0n) is 11.0. The van der Waals surface area contributed by atoms with Crippen LogP contribution in [0.5, 0.6) is 0 Å². The molecule has 2 unspecified atom stereocenters. The molecular formula is C13H15F2NO4. The summed E-state index contributed by atoms with van der Waals surface area (Å²) in [5, 5.41) is 20.5. The Bertz CT molecular complexity index is 531. The van der Waals surface area contributed by atoms with E-state index in [0.717, 1.165) is 0 Å². The summed E-state index contributed by atoms with van der Waals surface area (Å²) >= 11 is 0. The van der Waals surface area contributed by atoms with Gasteiger partial charge in [0.05, 0.1) is 17.2 Å². The van der Waals surface area contributed by atoms with Crippen LogP contribution in [-0.4, -0.2) is 34.2 Å². The second-order valence-electron chi connectivity index (χ2n) is 4.58. The first-order valence-corrected chi connectivity index (χ1v) is 5.93. The SMILES string of the molecule is CC(O)CC(C)NC(=O)c1cc(F)c(F)cc1C(=O)O. The molecule has 0 fully saturated rings. The number of benzene rings is 1. The predicted molar refractivity (Wildman–Crippen MR) is 66.5 cm³/mol. The number of carbonyl (C=O) groups is 2. The second kappa shape index (κ2) is 6.42. The van der Waals surface area contributed by atoms with Crippen LogP contribution in [0.2, 0.25) is 0 Å². The fraction of sp³-hybridized carbons (Fsp3) is 0.385. The van der Waals surface area contributed by atoms with E-state index in [9.17, 15) is 23.5 Å². The number of aliphatic hydroxyl groups excluding tert-OH is 1. The van der Waals surface area contributed by atoms with Gasteiger partial charge in [-0.1, -0.05) is 0 Å². The Kier molecular flexibility index (Phi) is 5.15. The summed E-state index contributed by atoms with van der Waals surface area (Å²) in [6.07, 6.45) is -0.410. The number of aliphatic hydroxyl groups is 1. The minimum absolute atomic E-state index is 0.248. The van der Waals surface area contributed by atoms with Gasteiger partial charge in [-0.2, -0.15) is 0 Å². The minimum atomic E-state index is -1.53.